The van der Waals surface area contributed by atoms with Crippen molar-refractivity contribution in [1.82, 2.24) is 5.32 Å². The smallest absolute Gasteiger partial charge is 0.417 e. The number of rotatable bonds is 1. The van der Waals surface area contributed by atoms with E-state index in [1.54, 1.807) is 0 Å². The van der Waals surface area contributed by atoms with Crippen LogP contribution in [0.15, 0.2) is 24.3 Å². The topological polar surface area (TPSA) is 58.6 Å². The van der Waals surface area contributed by atoms with Crippen molar-refractivity contribution in [3.05, 3.63) is 24.3 Å². The Morgan fingerprint density at radius 1 is 1.08 bits per heavy atom. The van der Waals surface area contributed by atoms with Gasteiger partial charge >= 0.3 is 6.18 Å². The van der Waals surface area contributed by atoms with Crippen LogP contribution in [0, 0.1) is 0 Å². The van der Waals surface area contributed by atoms with E-state index in [2.05, 4.69) is 34.3 Å². The highest BCUT2D eigenvalue weighted by Crippen LogP contribution is 2.36. The van der Waals surface area contributed by atoms with Crippen molar-refractivity contribution in [3.8, 4) is 11.1 Å². The minimum absolute atomic E-state index is 0.232. The minimum Gasteiger partial charge on any atom is -0.462 e. The van der Waals surface area contributed by atoms with E-state index in [4.69, 9.17) is 5.11 Å². The second-order valence-electron chi connectivity index (χ2n) is 6.68. The second-order valence-corrected chi connectivity index (χ2v) is 6.68. The molecule has 2 N–H and O–H groups in total. The maximum Gasteiger partial charge on any atom is 0.417 e. The molecule has 0 bridgehead atoms. The molecule has 1 heterocycles. The van der Waals surface area contributed by atoms with Gasteiger partial charge in [-0.25, -0.2) is 0 Å². The predicted octanol–water partition coefficient (Wildman–Crippen LogP) is 3.29. The summed E-state index contributed by atoms with van der Waals surface area (Å²) in [7, 11) is 0. The lowest BCUT2D eigenvalue weighted by Gasteiger charge is -2.34. The molecule has 0 atom stereocenters. The molecule has 0 unspecified atom stereocenters. The molecule has 0 amide bonds. The molecular formula is C17H24F3NO3. The number of fused-ring (bicyclic) bond motifs is 1. The Bertz CT molecular complexity index is 494. The van der Waals surface area contributed by atoms with Crippen LogP contribution >= 0.6 is 0 Å². The lowest BCUT2D eigenvalue weighted by atomic mass is 9.92. The summed E-state index contributed by atoms with van der Waals surface area (Å²) in [6, 6.07) is 8.48. The normalized spacial score (nSPS) is 17.5. The number of aliphatic hydroxyl groups is 1. The highest BCUT2D eigenvalue weighted by atomic mass is 19.4. The van der Waals surface area contributed by atoms with Crippen LogP contribution in [0.5, 0.6) is 0 Å². The molecule has 0 saturated carbocycles. The van der Waals surface area contributed by atoms with Gasteiger partial charge in [0.25, 0.3) is 6.47 Å². The fraction of sp³-hybridized carbons (Fsp3) is 0.588. The number of carbonyl (C=O) groups excluding carboxylic acids is 1. The van der Waals surface area contributed by atoms with Gasteiger partial charge in [-0.05, 0) is 57.8 Å². The van der Waals surface area contributed by atoms with Crippen molar-refractivity contribution in [2.24, 2.45) is 0 Å². The Kier molecular flexibility index (Phi) is 6.80. The number of hydrogen-bond acceptors (Lipinski definition) is 4. The first-order valence-electron chi connectivity index (χ1n) is 7.70. The van der Waals surface area contributed by atoms with Crippen molar-refractivity contribution in [1.29, 1.82) is 0 Å². The van der Waals surface area contributed by atoms with E-state index in [9.17, 15) is 18.0 Å². The monoisotopic (exact) mass is 347 g/mol. The third kappa shape index (κ3) is 6.13. The van der Waals surface area contributed by atoms with E-state index in [1.807, 2.05) is 20.8 Å². The van der Waals surface area contributed by atoms with Gasteiger partial charge in [-0.3, -0.25) is 4.79 Å². The number of nitrogens with one attached hydrogen (secondary N) is 1. The molecule has 0 aromatic heterocycles. The van der Waals surface area contributed by atoms with Gasteiger partial charge in [-0.15, -0.1) is 0 Å². The summed E-state index contributed by atoms with van der Waals surface area (Å²) in [5.74, 6) is 0. The fourth-order valence-corrected chi connectivity index (χ4v) is 1.93. The summed E-state index contributed by atoms with van der Waals surface area (Å²) < 4.78 is 40.7. The minimum atomic E-state index is -4.48. The van der Waals surface area contributed by atoms with Crippen molar-refractivity contribution in [3.63, 3.8) is 0 Å². The van der Waals surface area contributed by atoms with Crippen LogP contribution in [-0.2, 0) is 9.53 Å². The molecule has 1 saturated heterocycles. The lowest BCUT2D eigenvalue weighted by molar-refractivity contribution is -0.267. The number of benzene rings is 1. The molecule has 3 aliphatic rings. The van der Waals surface area contributed by atoms with Crippen molar-refractivity contribution in [2.45, 2.75) is 51.0 Å². The van der Waals surface area contributed by atoms with E-state index in [0.717, 1.165) is 0 Å². The van der Waals surface area contributed by atoms with E-state index < -0.39 is 11.8 Å². The molecule has 4 nitrogen and oxygen atoms in total. The lowest BCUT2D eigenvalue weighted by Crippen LogP contribution is -2.52. The summed E-state index contributed by atoms with van der Waals surface area (Å²) in [5.41, 5.74) is 0.0880. The highest BCUT2D eigenvalue weighted by Gasteiger charge is 2.53. The Labute approximate surface area is 140 Å². The third-order valence-corrected chi connectivity index (χ3v) is 3.58. The van der Waals surface area contributed by atoms with Gasteiger partial charge in [0, 0.05) is 0 Å². The van der Waals surface area contributed by atoms with Gasteiger partial charge in [-0.2, -0.15) is 13.2 Å². The van der Waals surface area contributed by atoms with Crippen LogP contribution in [0.3, 0.4) is 0 Å². The van der Waals surface area contributed by atoms with Gasteiger partial charge in [-0.1, -0.05) is 24.3 Å². The standard InChI is InChI=1S/C6H10F3NO.C6H4.C5H10O2/c7-6(8,9)5(11)1-3-10-4-2-5;1-2-6-4-3-5(1)6;1-5(2,3)7-4-6/h10-11H,1-4H2;1-4H;4H,1-3H3. The average Bonchev–Trinajstić information content (AvgIpc) is 2.42. The molecular weight excluding hydrogens is 323 g/mol. The van der Waals surface area contributed by atoms with E-state index in [1.165, 1.54) is 11.1 Å². The second kappa shape index (κ2) is 7.98. The molecule has 24 heavy (non-hydrogen) atoms. The predicted molar refractivity (Wildman–Crippen MR) is 85.4 cm³/mol. The Morgan fingerprint density at radius 3 is 1.62 bits per heavy atom. The SMILES string of the molecule is CC(C)(C)OC=O.OC1(C(F)(F)F)CCNCC1.c1cc2ccc1-2. The van der Waals surface area contributed by atoms with Crippen LogP contribution in [0.2, 0.25) is 0 Å². The van der Waals surface area contributed by atoms with Crippen LogP contribution in [0.25, 0.3) is 11.1 Å². The number of hydrogen-bond donors (Lipinski definition) is 2. The van der Waals surface area contributed by atoms with Crippen LogP contribution in [-0.4, -0.2) is 42.0 Å². The van der Waals surface area contributed by atoms with E-state index >= 15 is 0 Å². The van der Waals surface area contributed by atoms with E-state index in [-0.39, 0.29) is 31.5 Å². The fourth-order valence-electron chi connectivity index (χ4n) is 1.93. The maximum atomic E-state index is 12.0. The van der Waals surface area contributed by atoms with Crippen molar-refractivity contribution >= 4 is 6.47 Å². The molecule has 7 heteroatoms. The molecule has 0 aromatic carbocycles. The first kappa shape index (κ1) is 20.4. The molecule has 3 rings (SSSR count). The summed E-state index contributed by atoms with van der Waals surface area (Å²) in [6.07, 6.45) is -4.96. The molecule has 1 fully saturated rings. The van der Waals surface area contributed by atoms with Crippen LogP contribution < -0.4 is 5.32 Å². The van der Waals surface area contributed by atoms with Crippen LogP contribution in [0.1, 0.15) is 33.6 Å². The number of alkyl halides is 3. The Morgan fingerprint density at radius 2 is 1.50 bits per heavy atom. The molecule has 1 aliphatic heterocycles. The first-order valence-corrected chi connectivity index (χ1v) is 7.70. The van der Waals surface area contributed by atoms with Gasteiger partial charge in [0.05, 0.1) is 0 Å². The largest absolute Gasteiger partial charge is 0.462 e. The molecule has 0 aromatic rings. The Hall–Kier alpha value is -1.60. The molecule has 2 aliphatic carbocycles. The molecule has 136 valence electrons. The van der Waals surface area contributed by atoms with Gasteiger partial charge in [0.2, 0.25) is 0 Å². The zero-order valence-electron chi connectivity index (χ0n) is 14.1. The first-order chi connectivity index (χ1) is 11.0. The highest BCUT2D eigenvalue weighted by molar-refractivity contribution is 5.75. The molecule has 0 spiro atoms. The molecule has 0 radical (unpaired) electrons. The van der Waals surface area contributed by atoms with E-state index in [0.29, 0.717) is 6.47 Å². The average molecular weight is 347 g/mol. The quantitative estimate of drug-likeness (QED) is 0.777. The van der Waals surface area contributed by atoms with Crippen LogP contribution in [0.4, 0.5) is 13.2 Å². The number of ether oxygens (including phenoxy) is 1. The van der Waals surface area contributed by atoms with Gasteiger partial charge in [0.15, 0.2) is 5.60 Å². The number of piperidine rings is 1. The summed E-state index contributed by atoms with van der Waals surface area (Å²) >= 11 is 0. The zero-order chi connectivity index (χ0) is 18.4. The summed E-state index contributed by atoms with van der Waals surface area (Å²) in [4.78, 5) is 9.60. The third-order valence-electron chi connectivity index (χ3n) is 3.58. The Balaban J connectivity index is 0.000000191. The zero-order valence-corrected chi connectivity index (χ0v) is 14.1. The van der Waals surface area contributed by atoms with Crippen molar-refractivity contribution in [2.75, 3.05) is 13.1 Å². The number of halogens is 3. The maximum absolute atomic E-state index is 12.0. The van der Waals surface area contributed by atoms with Crippen molar-refractivity contribution < 1.29 is 27.8 Å². The summed E-state index contributed by atoms with van der Waals surface area (Å²) in [5, 5.41) is 11.8. The number of carbonyl (C=O) groups is 1. The van der Waals surface area contributed by atoms with Gasteiger partial charge < -0.3 is 15.2 Å². The van der Waals surface area contributed by atoms with Gasteiger partial charge in [0.1, 0.15) is 5.60 Å². The summed E-state index contributed by atoms with van der Waals surface area (Å²) in [6.45, 7) is 6.39.